The monoisotopic (exact) mass is 430 g/mol. The van der Waals surface area contributed by atoms with Gasteiger partial charge in [0.15, 0.2) is 17.5 Å². The summed E-state index contributed by atoms with van der Waals surface area (Å²) >= 11 is 0. The highest BCUT2D eigenvalue weighted by atomic mass is 16.5. The maximum atomic E-state index is 12.1. The van der Waals surface area contributed by atoms with Gasteiger partial charge in [-0.15, -0.1) is 0 Å². The maximum absolute atomic E-state index is 12.1. The van der Waals surface area contributed by atoms with Crippen molar-refractivity contribution in [3.63, 3.8) is 0 Å². The molecular weight excluding hydrogens is 400 g/mol. The lowest BCUT2D eigenvalue weighted by molar-refractivity contribution is -0.120. The van der Waals surface area contributed by atoms with Crippen LogP contribution in [0.2, 0.25) is 0 Å². The molecule has 0 saturated carbocycles. The Bertz CT molecular complexity index is 859. The third-order valence-corrected chi connectivity index (χ3v) is 4.47. The molecule has 9 heteroatoms. The van der Waals surface area contributed by atoms with Gasteiger partial charge in [0.25, 0.3) is 0 Å². The van der Waals surface area contributed by atoms with Gasteiger partial charge in [0, 0.05) is 20.1 Å². The van der Waals surface area contributed by atoms with Gasteiger partial charge >= 0.3 is 0 Å². The normalized spacial score (nSPS) is 10.8. The number of carbonyl (C=O) groups is 1. The van der Waals surface area contributed by atoms with E-state index in [9.17, 15) is 4.79 Å². The van der Waals surface area contributed by atoms with E-state index >= 15 is 0 Å². The summed E-state index contributed by atoms with van der Waals surface area (Å²) in [6.07, 6.45) is 0. The van der Waals surface area contributed by atoms with Crippen molar-refractivity contribution in [1.82, 2.24) is 16.0 Å². The summed E-state index contributed by atoms with van der Waals surface area (Å²) in [5, 5.41) is 9.01. The van der Waals surface area contributed by atoms with Crippen LogP contribution >= 0.6 is 0 Å². The predicted molar refractivity (Wildman–Crippen MR) is 119 cm³/mol. The summed E-state index contributed by atoms with van der Waals surface area (Å²) in [4.78, 5) is 16.3. The van der Waals surface area contributed by atoms with Gasteiger partial charge in [-0.3, -0.25) is 9.79 Å². The molecule has 0 unspecified atom stereocenters. The van der Waals surface area contributed by atoms with Crippen molar-refractivity contribution in [2.24, 2.45) is 4.99 Å². The minimum Gasteiger partial charge on any atom is -0.497 e. The van der Waals surface area contributed by atoms with Crippen LogP contribution in [-0.2, 0) is 17.9 Å². The summed E-state index contributed by atoms with van der Waals surface area (Å²) in [5.41, 5.74) is 1.89. The van der Waals surface area contributed by atoms with Gasteiger partial charge in [-0.05, 0) is 35.4 Å². The first-order chi connectivity index (χ1) is 15.0. The Morgan fingerprint density at radius 2 is 1.42 bits per heavy atom. The molecule has 0 aliphatic rings. The summed E-state index contributed by atoms with van der Waals surface area (Å²) in [7, 11) is 7.95. The highest BCUT2D eigenvalue weighted by Gasteiger charge is 2.13. The SMILES string of the molecule is CN=C(NCC(=O)NCc1ccc(OC)cc1)NCc1cc(OC)c(OC)c(OC)c1. The van der Waals surface area contributed by atoms with Crippen LogP contribution in [0.3, 0.4) is 0 Å². The van der Waals surface area contributed by atoms with Gasteiger partial charge in [-0.1, -0.05) is 12.1 Å². The van der Waals surface area contributed by atoms with Crippen LogP contribution in [-0.4, -0.2) is 53.9 Å². The summed E-state index contributed by atoms with van der Waals surface area (Å²) < 4.78 is 21.2. The fourth-order valence-electron chi connectivity index (χ4n) is 2.81. The molecule has 0 radical (unpaired) electrons. The van der Waals surface area contributed by atoms with Crippen molar-refractivity contribution in [2.45, 2.75) is 13.1 Å². The first-order valence-electron chi connectivity index (χ1n) is 9.67. The topological polar surface area (TPSA) is 102 Å². The molecule has 0 aliphatic heterocycles. The molecule has 0 heterocycles. The third-order valence-electron chi connectivity index (χ3n) is 4.47. The summed E-state index contributed by atoms with van der Waals surface area (Å²) in [5.74, 6) is 2.79. The van der Waals surface area contributed by atoms with Crippen LogP contribution in [0.25, 0.3) is 0 Å². The molecule has 2 aromatic rings. The lowest BCUT2D eigenvalue weighted by Crippen LogP contribution is -2.42. The largest absolute Gasteiger partial charge is 0.497 e. The number of guanidine groups is 1. The second-order valence-corrected chi connectivity index (χ2v) is 6.44. The first-order valence-corrected chi connectivity index (χ1v) is 9.67. The number of amides is 1. The number of nitrogens with one attached hydrogen (secondary N) is 3. The molecule has 0 atom stereocenters. The molecule has 2 aromatic carbocycles. The Balaban J connectivity index is 1.84. The number of nitrogens with zero attached hydrogens (tertiary/aromatic N) is 1. The third kappa shape index (κ3) is 6.98. The van der Waals surface area contributed by atoms with Gasteiger partial charge in [0.05, 0.1) is 35.0 Å². The molecule has 168 valence electrons. The smallest absolute Gasteiger partial charge is 0.239 e. The van der Waals surface area contributed by atoms with Crippen molar-refractivity contribution >= 4 is 11.9 Å². The molecule has 0 spiro atoms. The highest BCUT2D eigenvalue weighted by molar-refractivity contribution is 5.86. The molecule has 0 saturated heterocycles. The number of benzene rings is 2. The van der Waals surface area contributed by atoms with Crippen molar-refractivity contribution in [3.05, 3.63) is 47.5 Å². The zero-order chi connectivity index (χ0) is 22.6. The Kier molecular flexibility index (Phi) is 9.28. The van der Waals surface area contributed by atoms with Gasteiger partial charge in [-0.25, -0.2) is 0 Å². The van der Waals surface area contributed by atoms with Crippen molar-refractivity contribution in [1.29, 1.82) is 0 Å². The van der Waals surface area contributed by atoms with E-state index in [0.717, 1.165) is 16.9 Å². The molecule has 1 amide bonds. The van der Waals surface area contributed by atoms with Crippen molar-refractivity contribution in [3.8, 4) is 23.0 Å². The van der Waals surface area contributed by atoms with Gasteiger partial charge < -0.3 is 34.9 Å². The molecule has 3 N–H and O–H groups in total. The summed E-state index contributed by atoms with van der Waals surface area (Å²) in [6.45, 7) is 0.969. The van der Waals surface area contributed by atoms with E-state index in [2.05, 4.69) is 20.9 Å². The lowest BCUT2D eigenvalue weighted by Gasteiger charge is -2.16. The zero-order valence-corrected chi connectivity index (χ0v) is 18.6. The molecule has 0 bridgehead atoms. The number of hydrogen-bond acceptors (Lipinski definition) is 6. The Morgan fingerprint density at radius 1 is 0.806 bits per heavy atom. The number of ether oxygens (including phenoxy) is 4. The Labute approximate surface area is 182 Å². The molecular formula is C22H30N4O5. The van der Waals surface area contributed by atoms with E-state index < -0.39 is 0 Å². The van der Waals surface area contributed by atoms with Crippen LogP contribution in [0.15, 0.2) is 41.4 Å². The van der Waals surface area contributed by atoms with E-state index in [4.69, 9.17) is 18.9 Å². The zero-order valence-electron chi connectivity index (χ0n) is 18.6. The predicted octanol–water partition coefficient (Wildman–Crippen LogP) is 1.70. The fourth-order valence-corrected chi connectivity index (χ4v) is 2.81. The van der Waals surface area contributed by atoms with Gasteiger partial charge in [0.2, 0.25) is 11.7 Å². The van der Waals surface area contributed by atoms with E-state index in [1.807, 2.05) is 36.4 Å². The Hall–Kier alpha value is -3.62. The van der Waals surface area contributed by atoms with Crippen LogP contribution in [0, 0.1) is 0 Å². The van der Waals surface area contributed by atoms with E-state index in [1.165, 1.54) is 0 Å². The quantitative estimate of drug-likeness (QED) is 0.389. The molecule has 9 nitrogen and oxygen atoms in total. The molecule has 31 heavy (non-hydrogen) atoms. The molecule has 0 aliphatic carbocycles. The van der Waals surface area contributed by atoms with Crippen LogP contribution in [0.4, 0.5) is 0 Å². The minimum absolute atomic E-state index is 0.0884. The second kappa shape index (κ2) is 12.2. The standard InChI is InChI=1S/C22H30N4O5/c1-23-22(25-13-16-10-18(29-3)21(31-5)19(11-16)30-4)26-14-20(27)24-12-15-6-8-17(28-2)9-7-15/h6-11H,12-14H2,1-5H3,(H,24,27)(H2,23,25,26). The van der Waals surface area contributed by atoms with Crippen LogP contribution < -0.4 is 34.9 Å². The number of methoxy groups -OCH3 is 4. The average Bonchev–Trinajstić information content (AvgIpc) is 2.82. The lowest BCUT2D eigenvalue weighted by atomic mass is 10.2. The van der Waals surface area contributed by atoms with E-state index in [1.54, 1.807) is 35.5 Å². The van der Waals surface area contributed by atoms with E-state index in [0.29, 0.717) is 36.3 Å². The van der Waals surface area contributed by atoms with Crippen molar-refractivity contribution in [2.75, 3.05) is 42.0 Å². The highest BCUT2D eigenvalue weighted by Crippen LogP contribution is 2.38. The molecule has 0 aromatic heterocycles. The number of rotatable bonds is 10. The van der Waals surface area contributed by atoms with Gasteiger partial charge in [-0.2, -0.15) is 0 Å². The average molecular weight is 431 g/mol. The van der Waals surface area contributed by atoms with Crippen LogP contribution in [0.1, 0.15) is 11.1 Å². The molecule has 2 rings (SSSR count). The second-order valence-electron chi connectivity index (χ2n) is 6.44. The molecule has 0 fully saturated rings. The van der Waals surface area contributed by atoms with E-state index in [-0.39, 0.29) is 12.5 Å². The van der Waals surface area contributed by atoms with Gasteiger partial charge in [0.1, 0.15) is 5.75 Å². The summed E-state index contributed by atoms with van der Waals surface area (Å²) in [6, 6.07) is 11.2. The number of carbonyl (C=O) groups excluding carboxylic acids is 1. The fraction of sp³-hybridized carbons (Fsp3) is 0.364. The number of aliphatic imine (C=N–C) groups is 1. The van der Waals surface area contributed by atoms with Crippen molar-refractivity contribution < 1.29 is 23.7 Å². The number of hydrogen-bond donors (Lipinski definition) is 3. The Morgan fingerprint density at radius 3 is 1.94 bits per heavy atom. The maximum Gasteiger partial charge on any atom is 0.239 e. The minimum atomic E-state index is -0.147. The first kappa shape index (κ1) is 23.7. The van der Waals surface area contributed by atoms with Crippen LogP contribution in [0.5, 0.6) is 23.0 Å².